The van der Waals surface area contributed by atoms with Gasteiger partial charge in [-0.25, -0.2) is 0 Å². The van der Waals surface area contributed by atoms with Crippen molar-refractivity contribution >= 4 is 11.8 Å². The Morgan fingerprint density at radius 3 is 2.17 bits per heavy atom. The van der Waals surface area contributed by atoms with Gasteiger partial charge in [0.2, 0.25) is 5.91 Å². The number of hydrogen-bond donors (Lipinski definition) is 2. The van der Waals surface area contributed by atoms with Crippen molar-refractivity contribution in [3.8, 4) is 11.1 Å². The van der Waals surface area contributed by atoms with Crippen LogP contribution >= 0.6 is 0 Å². The fraction of sp³-hybridized carbons (Fsp3) is 0.263. The summed E-state index contributed by atoms with van der Waals surface area (Å²) in [5, 5.41) is 2.75. The van der Waals surface area contributed by atoms with E-state index in [1.165, 1.54) is 0 Å². The minimum Gasteiger partial charge on any atom is -0.368 e. The Hall–Kier alpha value is -2.62. The average molecular weight is 308 g/mol. The normalized spacial score (nSPS) is 15.0. The SMILES string of the molecule is NC(=O)[C@@H](CC1CC1)NC(=O)c1ccc(-c2ccccc2)cc1. The van der Waals surface area contributed by atoms with Crippen LogP contribution in [0.15, 0.2) is 54.6 Å². The van der Waals surface area contributed by atoms with E-state index >= 15 is 0 Å². The fourth-order valence-corrected chi connectivity index (χ4v) is 2.62. The van der Waals surface area contributed by atoms with E-state index in [1.807, 2.05) is 42.5 Å². The Kier molecular flexibility index (Phi) is 4.42. The highest BCUT2D eigenvalue weighted by Gasteiger charge is 2.29. The number of amides is 2. The molecule has 3 rings (SSSR count). The summed E-state index contributed by atoms with van der Waals surface area (Å²) in [6.07, 6.45) is 2.88. The molecule has 118 valence electrons. The van der Waals surface area contributed by atoms with Gasteiger partial charge in [-0.2, -0.15) is 0 Å². The summed E-state index contributed by atoms with van der Waals surface area (Å²) in [6, 6.07) is 16.7. The molecule has 0 unspecified atom stereocenters. The van der Waals surface area contributed by atoms with Gasteiger partial charge >= 0.3 is 0 Å². The molecule has 1 fully saturated rings. The molecule has 4 heteroatoms. The van der Waals surface area contributed by atoms with Crippen molar-refractivity contribution in [2.75, 3.05) is 0 Å². The highest BCUT2D eigenvalue weighted by atomic mass is 16.2. The molecular weight excluding hydrogens is 288 g/mol. The molecule has 0 bridgehead atoms. The Morgan fingerprint density at radius 1 is 1.00 bits per heavy atom. The second-order valence-corrected chi connectivity index (χ2v) is 6.05. The third-order valence-electron chi connectivity index (χ3n) is 4.17. The molecule has 0 spiro atoms. The zero-order chi connectivity index (χ0) is 16.2. The molecule has 0 heterocycles. The van der Waals surface area contributed by atoms with Crippen LogP contribution in [0, 0.1) is 5.92 Å². The van der Waals surface area contributed by atoms with Crippen molar-refractivity contribution in [2.45, 2.75) is 25.3 Å². The van der Waals surface area contributed by atoms with Crippen LogP contribution < -0.4 is 11.1 Å². The molecule has 2 amide bonds. The highest BCUT2D eigenvalue weighted by molar-refractivity contribution is 5.97. The quantitative estimate of drug-likeness (QED) is 0.861. The predicted molar refractivity (Wildman–Crippen MR) is 89.7 cm³/mol. The van der Waals surface area contributed by atoms with Crippen LogP contribution in [0.2, 0.25) is 0 Å². The van der Waals surface area contributed by atoms with E-state index in [0.29, 0.717) is 17.9 Å². The fourth-order valence-electron chi connectivity index (χ4n) is 2.62. The molecule has 1 atom stereocenters. The van der Waals surface area contributed by atoms with E-state index in [4.69, 9.17) is 5.73 Å². The standard InChI is InChI=1S/C19H20N2O2/c20-18(22)17(12-13-6-7-13)21-19(23)16-10-8-15(9-11-16)14-4-2-1-3-5-14/h1-5,8-11,13,17H,6-7,12H2,(H2,20,22)(H,21,23)/t17-/m1/s1. The summed E-state index contributed by atoms with van der Waals surface area (Å²) in [6.45, 7) is 0. The minimum absolute atomic E-state index is 0.255. The van der Waals surface area contributed by atoms with E-state index in [9.17, 15) is 9.59 Å². The number of hydrogen-bond acceptors (Lipinski definition) is 2. The van der Waals surface area contributed by atoms with Crippen molar-refractivity contribution < 1.29 is 9.59 Å². The molecule has 2 aromatic carbocycles. The molecule has 1 aliphatic rings. The smallest absolute Gasteiger partial charge is 0.251 e. The maximum atomic E-state index is 12.3. The highest BCUT2D eigenvalue weighted by Crippen LogP contribution is 2.33. The number of nitrogens with two attached hydrogens (primary N) is 1. The summed E-state index contributed by atoms with van der Waals surface area (Å²) in [7, 11) is 0. The van der Waals surface area contributed by atoms with Gasteiger partial charge in [-0.1, -0.05) is 55.3 Å². The number of carbonyl (C=O) groups is 2. The Morgan fingerprint density at radius 2 is 1.61 bits per heavy atom. The molecule has 4 nitrogen and oxygen atoms in total. The molecule has 0 aromatic heterocycles. The lowest BCUT2D eigenvalue weighted by molar-refractivity contribution is -0.120. The summed E-state index contributed by atoms with van der Waals surface area (Å²) in [5.41, 5.74) is 8.07. The second kappa shape index (κ2) is 6.65. The van der Waals surface area contributed by atoms with Gasteiger partial charge in [0.15, 0.2) is 0 Å². The molecule has 3 N–H and O–H groups in total. The first-order chi connectivity index (χ1) is 11.1. The van der Waals surface area contributed by atoms with Crippen LogP contribution in [0.4, 0.5) is 0 Å². The first-order valence-corrected chi connectivity index (χ1v) is 7.89. The predicted octanol–water partition coefficient (Wildman–Crippen LogP) is 2.74. The van der Waals surface area contributed by atoms with Gasteiger partial charge in [-0.05, 0) is 35.6 Å². The van der Waals surface area contributed by atoms with Crippen LogP contribution in [0.5, 0.6) is 0 Å². The van der Waals surface area contributed by atoms with E-state index in [2.05, 4.69) is 5.32 Å². The number of benzene rings is 2. The topological polar surface area (TPSA) is 72.2 Å². The van der Waals surface area contributed by atoms with E-state index in [0.717, 1.165) is 24.0 Å². The maximum absolute atomic E-state index is 12.3. The minimum atomic E-state index is -0.580. The summed E-state index contributed by atoms with van der Waals surface area (Å²) >= 11 is 0. The Balaban J connectivity index is 1.68. The van der Waals surface area contributed by atoms with Gasteiger partial charge in [0.1, 0.15) is 6.04 Å². The third kappa shape index (κ3) is 3.97. The van der Waals surface area contributed by atoms with Crippen LogP contribution in [0.1, 0.15) is 29.6 Å². The molecule has 0 aliphatic heterocycles. The molecule has 1 aliphatic carbocycles. The van der Waals surface area contributed by atoms with Gasteiger partial charge < -0.3 is 11.1 Å². The van der Waals surface area contributed by atoms with E-state index in [-0.39, 0.29) is 5.91 Å². The number of carbonyl (C=O) groups excluding carboxylic acids is 2. The van der Waals surface area contributed by atoms with Crippen molar-refractivity contribution in [3.63, 3.8) is 0 Å². The first-order valence-electron chi connectivity index (χ1n) is 7.89. The molecule has 0 radical (unpaired) electrons. The summed E-state index contributed by atoms with van der Waals surface area (Å²) in [5.74, 6) is -0.200. The molecule has 1 saturated carbocycles. The van der Waals surface area contributed by atoms with Gasteiger partial charge in [-0.15, -0.1) is 0 Å². The molecule has 23 heavy (non-hydrogen) atoms. The monoisotopic (exact) mass is 308 g/mol. The first kappa shape index (κ1) is 15.3. The van der Waals surface area contributed by atoms with Crippen molar-refractivity contribution in [2.24, 2.45) is 11.7 Å². The zero-order valence-corrected chi connectivity index (χ0v) is 12.9. The molecular formula is C19H20N2O2. The Labute approximate surface area is 135 Å². The van der Waals surface area contributed by atoms with Crippen LogP contribution in [0.3, 0.4) is 0 Å². The number of primary amides is 1. The van der Waals surface area contributed by atoms with E-state index in [1.54, 1.807) is 12.1 Å². The van der Waals surface area contributed by atoms with Crippen LogP contribution in [-0.2, 0) is 4.79 Å². The number of rotatable bonds is 6. The van der Waals surface area contributed by atoms with Gasteiger partial charge in [-0.3, -0.25) is 9.59 Å². The van der Waals surface area contributed by atoms with Gasteiger partial charge in [0.25, 0.3) is 5.91 Å². The third-order valence-corrected chi connectivity index (χ3v) is 4.17. The summed E-state index contributed by atoms with van der Waals surface area (Å²) < 4.78 is 0. The maximum Gasteiger partial charge on any atom is 0.251 e. The lowest BCUT2D eigenvalue weighted by Crippen LogP contribution is -2.44. The van der Waals surface area contributed by atoms with Gasteiger partial charge in [0.05, 0.1) is 0 Å². The largest absolute Gasteiger partial charge is 0.368 e. The van der Waals surface area contributed by atoms with Crippen molar-refractivity contribution in [1.82, 2.24) is 5.32 Å². The summed E-state index contributed by atoms with van der Waals surface area (Å²) in [4.78, 5) is 23.8. The Bertz CT molecular complexity index is 691. The zero-order valence-electron chi connectivity index (χ0n) is 12.9. The van der Waals surface area contributed by atoms with Crippen LogP contribution in [0.25, 0.3) is 11.1 Å². The number of nitrogens with one attached hydrogen (secondary N) is 1. The average Bonchev–Trinajstić information content (AvgIpc) is 3.39. The van der Waals surface area contributed by atoms with Gasteiger partial charge in [0, 0.05) is 5.56 Å². The lowest BCUT2D eigenvalue weighted by Gasteiger charge is -2.15. The molecule has 0 saturated heterocycles. The second-order valence-electron chi connectivity index (χ2n) is 6.05. The van der Waals surface area contributed by atoms with Crippen LogP contribution in [-0.4, -0.2) is 17.9 Å². The molecule has 2 aromatic rings. The van der Waals surface area contributed by atoms with E-state index < -0.39 is 11.9 Å². The lowest BCUT2D eigenvalue weighted by atomic mass is 10.0. The van der Waals surface area contributed by atoms with Crippen molar-refractivity contribution in [3.05, 3.63) is 60.2 Å². The van der Waals surface area contributed by atoms with Crippen molar-refractivity contribution in [1.29, 1.82) is 0 Å².